The van der Waals surface area contributed by atoms with Crippen LogP contribution in [0.25, 0.3) is 0 Å². The normalized spacial score (nSPS) is 17.2. The first-order valence-electron chi connectivity index (χ1n) is 7.25. The van der Waals surface area contributed by atoms with Crippen molar-refractivity contribution in [1.29, 1.82) is 0 Å². The zero-order valence-corrected chi connectivity index (χ0v) is 14.1. The second-order valence-corrected chi connectivity index (χ2v) is 8.77. The van der Waals surface area contributed by atoms with Gasteiger partial charge in [-0.25, -0.2) is 8.42 Å². The molecule has 4 nitrogen and oxygen atoms in total. The highest BCUT2D eigenvalue weighted by Crippen LogP contribution is 2.32. The summed E-state index contributed by atoms with van der Waals surface area (Å²) >= 11 is 1.40. The van der Waals surface area contributed by atoms with Gasteiger partial charge >= 0.3 is 0 Å². The van der Waals surface area contributed by atoms with Crippen LogP contribution < -0.4 is 5.32 Å². The van der Waals surface area contributed by atoms with Crippen molar-refractivity contribution in [2.75, 3.05) is 13.6 Å². The summed E-state index contributed by atoms with van der Waals surface area (Å²) in [6.45, 7) is 5.67. The Kier molecular flexibility index (Phi) is 5.23. The molecule has 1 aromatic heterocycles. The maximum Gasteiger partial charge on any atom is 0.252 e. The highest BCUT2D eigenvalue weighted by molar-refractivity contribution is 7.91. The molecular formula is C14H24N2O2S2. The lowest BCUT2D eigenvalue weighted by atomic mass is 10.3. The highest BCUT2D eigenvalue weighted by atomic mass is 32.2. The first-order valence-corrected chi connectivity index (χ1v) is 9.50. The number of hydrogen-bond donors (Lipinski definition) is 1. The lowest BCUT2D eigenvalue weighted by Crippen LogP contribution is -2.34. The van der Waals surface area contributed by atoms with E-state index in [9.17, 15) is 8.42 Å². The van der Waals surface area contributed by atoms with Gasteiger partial charge in [-0.05, 0) is 37.9 Å². The van der Waals surface area contributed by atoms with E-state index >= 15 is 0 Å². The number of aryl methyl sites for hydroxylation is 1. The van der Waals surface area contributed by atoms with Gasteiger partial charge in [0.05, 0.1) is 0 Å². The van der Waals surface area contributed by atoms with E-state index < -0.39 is 10.0 Å². The van der Waals surface area contributed by atoms with Crippen LogP contribution in [0.5, 0.6) is 0 Å². The van der Waals surface area contributed by atoms with Crippen molar-refractivity contribution in [3.63, 3.8) is 0 Å². The first kappa shape index (κ1) is 15.9. The van der Waals surface area contributed by atoms with E-state index in [1.54, 1.807) is 11.4 Å². The van der Waals surface area contributed by atoms with Crippen LogP contribution in [-0.4, -0.2) is 32.4 Å². The Morgan fingerprint density at radius 3 is 2.65 bits per heavy atom. The minimum Gasteiger partial charge on any atom is -0.312 e. The Hall–Kier alpha value is -0.430. The van der Waals surface area contributed by atoms with Crippen LogP contribution in [0.3, 0.4) is 0 Å². The van der Waals surface area contributed by atoms with Gasteiger partial charge < -0.3 is 5.32 Å². The van der Waals surface area contributed by atoms with Gasteiger partial charge in [-0.3, -0.25) is 0 Å². The number of sulfonamides is 1. The lowest BCUT2D eigenvalue weighted by molar-refractivity contribution is 0.374. The van der Waals surface area contributed by atoms with Gasteiger partial charge in [0.25, 0.3) is 10.0 Å². The second-order valence-electron chi connectivity index (χ2n) is 5.41. The molecule has 0 spiro atoms. The standard InChI is InChI=1S/C14H24N2O2S2/c1-4-15-10-13-11(2)9-14(19-13)20(17,18)16(3)12-7-5-6-8-12/h9,12,15H,4-8,10H2,1-3H3. The fourth-order valence-electron chi connectivity index (χ4n) is 2.64. The summed E-state index contributed by atoms with van der Waals surface area (Å²) in [6, 6.07) is 2.00. The number of nitrogens with zero attached hydrogens (tertiary/aromatic N) is 1. The maximum absolute atomic E-state index is 12.7. The van der Waals surface area contributed by atoms with Crippen LogP contribution in [0.1, 0.15) is 43.0 Å². The van der Waals surface area contributed by atoms with Crippen molar-refractivity contribution in [3.05, 3.63) is 16.5 Å². The van der Waals surface area contributed by atoms with E-state index in [0.717, 1.165) is 49.2 Å². The Bertz CT molecular complexity index is 546. The molecular weight excluding hydrogens is 292 g/mol. The van der Waals surface area contributed by atoms with Gasteiger partial charge in [0, 0.05) is 24.5 Å². The maximum atomic E-state index is 12.7. The molecule has 1 aromatic rings. The molecule has 2 rings (SSSR count). The number of thiophene rings is 1. The van der Waals surface area contributed by atoms with Gasteiger partial charge in [0.2, 0.25) is 0 Å². The third-order valence-electron chi connectivity index (χ3n) is 4.01. The SMILES string of the molecule is CCNCc1sc(S(=O)(=O)N(C)C2CCCC2)cc1C. The van der Waals surface area contributed by atoms with Crippen molar-refractivity contribution in [1.82, 2.24) is 9.62 Å². The zero-order chi connectivity index (χ0) is 14.8. The average Bonchev–Trinajstić information content (AvgIpc) is 3.05. The molecule has 1 aliphatic carbocycles. The van der Waals surface area contributed by atoms with Gasteiger partial charge in [0.1, 0.15) is 4.21 Å². The molecule has 6 heteroatoms. The van der Waals surface area contributed by atoms with Crippen LogP contribution in [0.15, 0.2) is 10.3 Å². The van der Waals surface area contributed by atoms with E-state index in [2.05, 4.69) is 12.2 Å². The quantitative estimate of drug-likeness (QED) is 0.878. The van der Waals surface area contributed by atoms with Crippen LogP contribution in [-0.2, 0) is 16.6 Å². The van der Waals surface area contributed by atoms with Crippen molar-refractivity contribution in [2.24, 2.45) is 0 Å². The van der Waals surface area contributed by atoms with Gasteiger partial charge in [0.15, 0.2) is 0 Å². The first-order chi connectivity index (χ1) is 9.46. The lowest BCUT2D eigenvalue weighted by Gasteiger charge is -2.22. The average molecular weight is 316 g/mol. The summed E-state index contributed by atoms with van der Waals surface area (Å²) in [5, 5.41) is 3.26. The molecule has 0 aliphatic heterocycles. The molecule has 0 saturated heterocycles. The van der Waals surface area contributed by atoms with Crippen LogP contribution >= 0.6 is 11.3 Å². The van der Waals surface area contributed by atoms with Crippen LogP contribution in [0.2, 0.25) is 0 Å². The smallest absolute Gasteiger partial charge is 0.252 e. The molecule has 114 valence electrons. The predicted octanol–water partition coefficient (Wildman–Crippen LogP) is 2.73. The van der Waals surface area contributed by atoms with Crippen molar-refractivity contribution in [2.45, 2.75) is 56.3 Å². The van der Waals surface area contributed by atoms with Gasteiger partial charge in [-0.2, -0.15) is 4.31 Å². The second kappa shape index (κ2) is 6.56. The van der Waals surface area contributed by atoms with E-state index in [0.29, 0.717) is 4.21 Å². The molecule has 0 aromatic carbocycles. The molecule has 1 aliphatic rings. The third kappa shape index (κ3) is 3.24. The zero-order valence-electron chi connectivity index (χ0n) is 12.5. The Morgan fingerprint density at radius 1 is 1.40 bits per heavy atom. The van der Waals surface area contributed by atoms with Crippen molar-refractivity contribution >= 4 is 21.4 Å². The fraction of sp³-hybridized carbons (Fsp3) is 0.714. The Morgan fingerprint density at radius 2 is 2.05 bits per heavy atom. The van der Waals surface area contributed by atoms with Crippen LogP contribution in [0.4, 0.5) is 0 Å². The molecule has 1 saturated carbocycles. The molecule has 20 heavy (non-hydrogen) atoms. The molecule has 1 N–H and O–H groups in total. The summed E-state index contributed by atoms with van der Waals surface area (Å²) in [4.78, 5) is 1.12. The topological polar surface area (TPSA) is 49.4 Å². The van der Waals surface area contributed by atoms with Crippen molar-refractivity contribution in [3.8, 4) is 0 Å². The van der Waals surface area contributed by atoms with Gasteiger partial charge in [-0.15, -0.1) is 11.3 Å². The predicted molar refractivity (Wildman–Crippen MR) is 83.6 cm³/mol. The summed E-state index contributed by atoms with van der Waals surface area (Å²) < 4.78 is 27.4. The van der Waals surface area contributed by atoms with E-state index in [1.165, 1.54) is 11.3 Å². The molecule has 0 amide bonds. The largest absolute Gasteiger partial charge is 0.312 e. The molecule has 0 bridgehead atoms. The number of nitrogens with one attached hydrogen (secondary N) is 1. The van der Waals surface area contributed by atoms with E-state index in [1.807, 2.05) is 13.0 Å². The third-order valence-corrected chi connectivity index (χ3v) is 7.60. The molecule has 0 radical (unpaired) electrons. The Balaban J connectivity index is 2.20. The van der Waals surface area contributed by atoms with E-state index in [4.69, 9.17) is 0 Å². The molecule has 0 atom stereocenters. The summed E-state index contributed by atoms with van der Waals surface area (Å²) in [5.74, 6) is 0. The van der Waals surface area contributed by atoms with Crippen molar-refractivity contribution < 1.29 is 8.42 Å². The van der Waals surface area contributed by atoms with E-state index in [-0.39, 0.29) is 6.04 Å². The highest BCUT2D eigenvalue weighted by Gasteiger charge is 2.31. The summed E-state index contributed by atoms with van der Waals surface area (Å²) in [5.41, 5.74) is 1.06. The summed E-state index contributed by atoms with van der Waals surface area (Å²) in [7, 11) is -1.60. The number of rotatable bonds is 6. The summed E-state index contributed by atoms with van der Waals surface area (Å²) in [6.07, 6.45) is 4.26. The minimum atomic E-state index is -3.33. The minimum absolute atomic E-state index is 0.180. The van der Waals surface area contributed by atoms with Gasteiger partial charge in [-0.1, -0.05) is 19.8 Å². The van der Waals surface area contributed by atoms with Crippen LogP contribution in [0, 0.1) is 6.92 Å². The molecule has 1 heterocycles. The molecule has 0 unspecified atom stereocenters. The molecule has 1 fully saturated rings. The monoisotopic (exact) mass is 316 g/mol. The number of hydrogen-bond acceptors (Lipinski definition) is 4. The fourth-order valence-corrected chi connectivity index (χ4v) is 5.80. The Labute approximate surface area is 126 Å².